The van der Waals surface area contributed by atoms with E-state index in [9.17, 15) is 18.8 Å². The van der Waals surface area contributed by atoms with E-state index in [0.29, 0.717) is 22.5 Å². The van der Waals surface area contributed by atoms with Gasteiger partial charge in [0.1, 0.15) is 17.4 Å². The Bertz CT molecular complexity index is 1130. The highest BCUT2D eigenvalue weighted by Gasteiger charge is 2.16. The van der Waals surface area contributed by atoms with Crippen LogP contribution in [-0.4, -0.2) is 27.5 Å². The Morgan fingerprint density at radius 1 is 1.13 bits per heavy atom. The molecule has 1 heterocycles. The molecule has 1 atom stereocenters. The highest BCUT2D eigenvalue weighted by Crippen LogP contribution is 2.13. The summed E-state index contributed by atoms with van der Waals surface area (Å²) < 4.78 is 19.7. The molecule has 0 saturated carbocycles. The van der Waals surface area contributed by atoms with Gasteiger partial charge in [-0.1, -0.05) is 12.1 Å². The number of aryl methyl sites for hydroxylation is 1. The Labute approximate surface area is 171 Å². The second-order valence-electron chi connectivity index (χ2n) is 6.66. The second-order valence-corrected chi connectivity index (χ2v) is 6.66. The van der Waals surface area contributed by atoms with Crippen LogP contribution in [0.15, 0.2) is 53.3 Å². The first-order chi connectivity index (χ1) is 14.3. The second kappa shape index (κ2) is 9.17. The predicted octanol–water partition coefficient (Wildman–Crippen LogP) is 1.62. The number of fused-ring (bicyclic) bond motifs is 1. The number of carbonyl (C=O) groups is 2. The first kappa shape index (κ1) is 21.0. The molecule has 2 N–H and O–H groups in total. The molecule has 9 heteroatoms. The van der Waals surface area contributed by atoms with E-state index < -0.39 is 23.7 Å². The minimum atomic E-state index is -0.904. The van der Waals surface area contributed by atoms with Crippen LogP contribution in [0.25, 0.3) is 10.9 Å². The van der Waals surface area contributed by atoms with Crippen LogP contribution >= 0.6 is 0 Å². The summed E-state index contributed by atoms with van der Waals surface area (Å²) in [5.74, 6) is -0.629. The number of aromatic nitrogens is 2. The third kappa shape index (κ3) is 4.99. The molecule has 8 nitrogen and oxygen atoms in total. The number of hydrazine groups is 1. The Morgan fingerprint density at radius 2 is 1.83 bits per heavy atom. The third-order valence-corrected chi connectivity index (χ3v) is 4.47. The average Bonchev–Trinajstić information content (AvgIpc) is 2.75. The first-order valence-electron chi connectivity index (χ1n) is 9.30. The van der Waals surface area contributed by atoms with Gasteiger partial charge in [-0.05, 0) is 43.3 Å². The summed E-state index contributed by atoms with van der Waals surface area (Å²) in [7, 11) is 1.60. The molecular formula is C21H21FN4O4. The van der Waals surface area contributed by atoms with E-state index in [2.05, 4.69) is 15.8 Å². The summed E-state index contributed by atoms with van der Waals surface area (Å²) in [6, 6.07) is 12.2. The normalized spacial score (nSPS) is 11.7. The zero-order valence-electron chi connectivity index (χ0n) is 16.5. The lowest BCUT2D eigenvalue weighted by Crippen LogP contribution is -2.47. The Balaban J connectivity index is 1.52. The minimum Gasteiger partial charge on any atom is -0.481 e. The van der Waals surface area contributed by atoms with Crippen LogP contribution < -0.4 is 21.1 Å². The molecule has 2 amide bonds. The monoisotopic (exact) mass is 412 g/mol. The molecule has 3 rings (SSSR count). The summed E-state index contributed by atoms with van der Waals surface area (Å²) in [5, 5.41) is 0.510. The zero-order valence-corrected chi connectivity index (χ0v) is 16.5. The van der Waals surface area contributed by atoms with Crippen molar-refractivity contribution in [1.29, 1.82) is 0 Å². The van der Waals surface area contributed by atoms with Gasteiger partial charge >= 0.3 is 0 Å². The number of para-hydroxylation sites is 1. The lowest BCUT2D eigenvalue weighted by Gasteiger charge is -2.15. The molecule has 3 aromatic rings. The van der Waals surface area contributed by atoms with Crippen molar-refractivity contribution >= 4 is 22.7 Å². The van der Waals surface area contributed by atoms with E-state index in [1.54, 1.807) is 31.3 Å². The number of amides is 2. The van der Waals surface area contributed by atoms with Crippen molar-refractivity contribution in [2.45, 2.75) is 25.9 Å². The highest BCUT2D eigenvalue weighted by atomic mass is 19.1. The number of ether oxygens (including phenoxy) is 1. The Kier molecular flexibility index (Phi) is 6.41. The smallest absolute Gasteiger partial charge is 0.279 e. The Hall–Kier alpha value is -3.75. The SMILES string of the molecule is C[C@H](Oc1ccc(F)cc1)C(=O)NNC(=O)CCc1nc2ccccc2c(=O)n1C. The highest BCUT2D eigenvalue weighted by molar-refractivity contribution is 5.84. The van der Waals surface area contributed by atoms with Crippen molar-refractivity contribution in [2.24, 2.45) is 7.05 Å². The summed E-state index contributed by atoms with van der Waals surface area (Å²) in [6.07, 6.45) is -0.662. The molecule has 0 aliphatic rings. The summed E-state index contributed by atoms with van der Waals surface area (Å²) >= 11 is 0. The molecule has 30 heavy (non-hydrogen) atoms. The van der Waals surface area contributed by atoms with Crippen molar-refractivity contribution in [2.75, 3.05) is 0 Å². The predicted molar refractivity (Wildman–Crippen MR) is 108 cm³/mol. The molecule has 0 radical (unpaired) electrons. The van der Waals surface area contributed by atoms with Gasteiger partial charge in [-0.15, -0.1) is 0 Å². The van der Waals surface area contributed by atoms with Crippen LogP contribution in [0.3, 0.4) is 0 Å². The largest absolute Gasteiger partial charge is 0.481 e. The van der Waals surface area contributed by atoms with Gasteiger partial charge in [-0.25, -0.2) is 9.37 Å². The first-order valence-corrected chi connectivity index (χ1v) is 9.30. The van der Waals surface area contributed by atoms with Gasteiger partial charge in [0, 0.05) is 19.9 Å². The van der Waals surface area contributed by atoms with Gasteiger partial charge in [0.05, 0.1) is 10.9 Å². The molecule has 0 spiro atoms. The molecule has 0 unspecified atom stereocenters. The van der Waals surface area contributed by atoms with Crippen LogP contribution in [0.5, 0.6) is 5.75 Å². The number of nitrogens with zero attached hydrogens (tertiary/aromatic N) is 2. The fourth-order valence-electron chi connectivity index (χ4n) is 2.78. The van der Waals surface area contributed by atoms with Crippen LogP contribution in [0.4, 0.5) is 4.39 Å². The molecule has 0 aliphatic carbocycles. The molecule has 156 valence electrons. The van der Waals surface area contributed by atoms with E-state index in [4.69, 9.17) is 4.74 Å². The van der Waals surface area contributed by atoms with E-state index in [1.807, 2.05) is 0 Å². The van der Waals surface area contributed by atoms with E-state index >= 15 is 0 Å². The minimum absolute atomic E-state index is 0.0199. The number of hydrogen-bond donors (Lipinski definition) is 2. The molecule has 2 aromatic carbocycles. The number of nitrogens with one attached hydrogen (secondary N) is 2. The van der Waals surface area contributed by atoms with Crippen LogP contribution in [-0.2, 0) is 23.1 Å². The van der Waals surface area contributed by atoms with Crippen LogP contribution in [0, 0.1) is 5.82 Å². The number of carbonyl (C=O) groups excluding carboxylic acids is 2. The van der Waals surface area contributed by atoms with Crippen LogP contribution in [0.1, 0.15) is 19.2 Å². The molecule has 0 fully saturated rings. The number of halogens is 1. The van der Waals surface area contributed by atoms with Crippen LogP contribution in [0.2, 0.25) is 0 Å². The van der Waals surface area contributed by atoms with Gasteiger partial charge in [-0.2, -0.15) is 0 Å². The quantitative estimate of drug-likeness (QED) is 0.599. The average molecular weight is 412 g/mol. The zero-order chi connectivity index (χ0) is 21.7. The van der Waals surface area contributed by atoms with Crippen molar-refractivity contribution in [1.82, 2.24) is 20.4 Å². The number of hydrogen-bond acceptors (Lipinski definition) is 5. The van der Waals surface area contributed by atoms with Gasteiger partial charge in [0.25, 0.3) is 11.5 Å². The van der Waals surface area contributed by atoms with Gasteiger partial charge < -0.3 is 4.74 Å². The molecule has 1 aromatic heterocycles. The summed E-state index contributed by atoms with van der Waals surface area (Å²) in [5.41, 5.74) is 4.97. The number of rotatable bonds is 6. The van der Waals surface area contributed by atoms with Gasteiger partial charge in [-0.3, -0.25) is 29.8 Å². The topological polar surface area (TPSA) is 102 Å². The maximum atomic E-state index is 12.9. The van der Waals surface area contributed by atoms with Crippen molar-refractivity contribution in [3.8, 4) is 5.75 Å². The third-order valence-electron chi connectivity index (χ3n) is 4.47. The van der Waals surface area contributed by atoms with Gasteiger partial charge in [0.15, 0.2) is 6.10 Å². The summed E-state index contributed by atoms with van der Waals surface area (Å²) in [6.45, 7) is 1.50. The fourth-order valence-corrected chi connectivity index (χ4v) is 2.78. The van der Waals surface area contributed by atoms with Gasteiger partial charge in [0.2, 0.25) is 5.91 Å². The van der Waals surface area contributed by atoms with Crippen molar-refractivity contribution in [3.05, 3.63) is 70.5 Å². The number of benzene rings is 2. The van der Waals surface area contributed by atoms with E-state index in [-0.39, 0.29) is 18.4 Å². The molecular weight excluding hydrogens is 391 g/mol. The Morgan fingerprint density at radius 3 is 2.57 bits per heavy atom. The summed E-state index contributed by atoms with van der Waals surface area (Å²) in [4.78, 5) is 40.9. The molecule has 0 bridgehead atoms. The lowest BCUT2D eigenvalue weighted by molar-refractivity contribution is -0.132. The molecule has 0 saturated heterocycles. The standard InChI is InChI=1S/C21H21FN4O4/c1-13(30-15-9-7-14(22)8-10-15)20(28)25-24-19(27)12-11-18-23-17-6-4-3-5-16(17)21(29)26(18)2/h3-10,13H,11-12H2,1-2H3,(H,24,27)(H,25,28)/t13-/m0/s1. The van der Waals surface area contributed by atoms with E-state index in [0.717, 1.165) is 0 Å². The van der Waals surface area contributed by atoms with Crippen molar-refractivity contribution < 1.29 is 18.7 Å². The lowest BCUT2D eigenvalue weighted by atomic mass is 10.2. The fraction of sp³-hybridized carbons (Fsp3) is 0.238. The van der Waals surface area contributed by atoms with E-state index in [1.165, 1.54) is 35.8 Å². The molecule has 0 aliphatic heterocycles. The maximum Gasteiger partial charge on any atom is 0.279 e. The maximum absolute atomic E-state index is 12.9. The van der Waals surface area contributed by atoms with Crippen molar-refractivity contribution in [3.63, 3.8) is 0 Å².